The molecule has 190 valence electrons. The SMILES string of the molecule is CCN(CC)C(=O)C[N+](C)(C)CCCCCOc1ccc2ccc(=O)oc2c1CC=C(C)C.[Br-]. The van der Waals surface area contributed by atoms with Crippen LogP contribution >= 0.6 is 0 Å². The van der Waals surface area contributed by atoms with Crippen molar-refractivity contribution in [3.8, 4) is 5.75 Å². The lowest BCUT2D eigenvalue weighted by atomic mass is 10.1. The zero-order chi connectivity index (χ0) is 24.4. The van der Waals surface area contributed by atoms with E-state index in [0.717, 1.165) is 55.6 Å². The lowest BCUT2D eigenvalue weighted by molar-refractivity contribution is -0.883. The van der Waals surface area contributed by atoms with Gasteiger partial charge >= 0.3 is 5.63 Å². The summed E-state index contributed by atoms with van der Waals surface area (Å²) in [6, 6.07) is 7.15. The molecule has 0 atom stereocenters. The number of quaternary nitrogens is 1. The molecule has 0 fully saturated rings. The van der Waals surface area contributed by atoms with Crippen LogP contribution in [0.4, 0.5) is 0 Å². The summed E-state index contributed by atoms with van der Waals surface area (Å²) in [5, 5.41) is 0.901. The summed E-state index contributed by atoms with van der Waals surface area (Å²) in [7, 11) is 4.24. The Kier molecular flexibility index (Phi) is 12.6. The van der Waals surface area contributed by atoms with Crippen molar-refractivity contribution in [1.29, 1.82) is 0 Å². The number of carbonyl (C=O) groups is 1. The lowest BCUT2D eigenvalue weighted by Gasteiger charge is -2.31. The summed E-state index contributed by atoms with van der Waals surface area (Å²) in [5.74, 6) is 0.996. The Labute approximate surface area is 214 Å². The minimum Gasteiger partial charge on any atom is -1.00 e. The van der Waals surface area contributed by atoms with E-state index in [1.54, 1.807) is 6.07 Å². The third-order valence-corrected chi connectivity index (χ3v) is 5.91. The van der Waals surface area contributed by atoms with Crippen LogP contribution in [0.3, 0.4) is 0 Å². The first-order valence-corrected chi connectivity index (χ1v) is 12.1. The van der Waals surface area contributed by atoms with E-state index in [1.807, 2.05) is 30.9 Å². The first-order chi connectivity index (χ1) is 15.7. The van der Waals surface area contributed by atoms with Gasteiger partial charge in [0, 0.05) is 30.1 Å². The quantitative estimate of drug-likeness (QED) is 0.169. The van der Waals surface area contributed by atoms with E-state index in [-0.39, 0.29) is 28.5 Å². The maximum Gasteiger partial charge on any atom is 0.336 e. The molecule has 6 nitrogen and oxygen atoms in total. The molecule has 0 saturated carbocycles. The van der Waals surface area contributed by atoms with Crippen LogP contribution < -0.4 is 27.3 Å². The van der Waals surface area contributed by atoms with Crippen LogP contribution in [0.5, 0.6) is 5.75 Å². The second-order valence-electron chi connectivity index (χ2n) is 9.49. The Morgan fingerprint density at radius 1 is 1.06 bits per heavy atom. The van der Waals surface area contributed by atoms with Crippen LogP contribution in [0.25, 0.3) is 11.0 Å². The minimum absolute atomic E-state index is 0. The van der Waals surface area contributed by atoms with Crippen LogP contribution in [0, 0.1) is 0 Å². The van der Waals surface area contributed by atoms with E-state index in [4.69, 9.17) is 9.15 Å². The topological polar surface area (TPSA) is 59.8 Å². The first kappa shape index (κ1) is 29.9. The molecule has 1 heterocycles. The van der Waals surface area contributed by atoms with Crippen molar-refractivity contribution in [3.63, 3.8) is 0 Å². The van der Waals surface area contributed by atoms with Crippen molar-refractivity contribution in [2.75, 3.05) is 46.9 Å². The number of allylic oxidation sites excluding steroid dienone is 2. The number of nitrogens with zero attached hydrogens (tertiary/aromatic N) is 2. The average molecular weight is 538 g/mol. The fraction of sp³-hybridized carbons (Fsp3) is 0.556. The van der Waals surface area contributed by atoms with Gasteiger partial charge in [0.25, 0.3) is 5.91 Å². The Balaban J connectivity index is 0.00000578. The molecule has 0 N–H and O–H groups in total. The van der Waals surface area contributed by atoms with Gasteiger partial charge in [0.05, 0.1) is 27.2 Å². The predicted octanol–water partition coefficient (Wildman–Crippen LogP) is 1.80. The van der Waals surface area contributed by atoms with E-state index in [0.29, 0.717) is 29.6 Å². The van der Waals surface area contributed by atoms with Gasteiger partial charge in [-0.25, -0.2) is 4.79 Å². The van der Waals surface area contributed by atoms with Crippen LogP contribution in [-0.2, 0) is 11.2 Å². The number of hydrogen-bond donors (Lipinski definition) is 0. The van der Waals surface area contributed by atoms with Crippen LogP contribution in [-0.4, -0.2) is 62.2 Å². The summed E-state index contributed by atoms with van der Waals surface area (Å²) in [4.78, 5) is 26.1. The third kappa shape index (κ3) is 9.26. The van der Waals surface area contributed by atoms with Crippen LogP contribution in [0.15, 0.2) is 45.1 Å². The van der Waals surface area contributed by atoms with Gasteiger partial charge in [-0.05, 0) is 71.6 Å². The number of halogens is 1. The highest BCUT2D eigenvalue weighted by Gasteiger charge is 2.22. The molecule has 0 aliphatic carbocycles. The molecular weight excluding hydrogens is 496 g/mol. The number of hydrogen-bond acceptors (Lipinski definition) is 4. The van der Waals surface area contributed by atoms with Gasteiger partial charge in [-0.1, -0.05) is 11.6 Å². The number of amides is 1. The molecule has 0 bridgehead atoms. The van der Waals surface area contributed by atoms with Crippen molar-refractivity contribution in [3.05, 3.63) is 51.9 Å². The molecule has 7 heteroatoms. The molecule has 2 rings (SSSR count). The van der Waals surface area contributed by atoms with Crippen LogP contribution in [0.2, 0.25) is 0 Å². The molecule has 1 aromatic carbocycles. The van der Waals surface area contributed by atoms with Crippen molar-refractivity contribution < 1.29 is 35.4 Å². The van der Waals surface area contributed by atoms with Gasteiger partial charge in [-0.3, -0.25) is 4.79 Å². The summed E-state index contributed by atoms with van der Waals surface area (Å²) < 4.78 is 12.3. The fourth-order valence-electron chi connectivity index (χ4n) is 3.93. The highest BCUT2D eigenvalue weighted by atomic mass is 79.9. The predicted molar refractivity (Wildman–Crippen MR) is 135 cm³/mol. The highest BCUT2D eigenvalue weighted by Crippen LogP contribution is 2.28. The molecule has 0 saturated heterocycles. The maximum absolute atomic E-state index is 12.4. The standard InChI is InChI=1S/C27H41N2O4.BrH/c1-7-28(8-2)25(30)20-29(5,6)18-10-9-11-19-32-24-16-13-22-14-17-26(31)33-27(22)23(24)15-12-21(3)4;/h12-14,16-17H,7-11,15,18-20H2,1-6H3;1H/q+1;/p-1. The van der Waals surface area contributed by atoms with Gasteiger partial charge in [-0.15, -0.1) is 0 Å². The average Bonchev–Trinajstić information content (AvgIpc) is 2.75. The van der Waals surface area contributed by atoms with Gasteiger partial charge < -0.3 is 35.5 Å². The number of likely N-dealkylation sites (N-methyl/N-ethyl adjacent to an activating group) is 2. The Bertz CT molecular complexity index is 1010. The third-order valence-electron chi connectivity index (χ3n) is 5.91. The van der Waals surface area contributed by atoms with Crippen molar-refractivity contribution in [2.45, 2.75) is 53.4 Å². The summed E-state index contributed by atoms with van der Waals surface area (Å²) in [6.07, 6.45) is 5.79. The number of rotatable bonds is 13. The van der Waals surface area contributed by atoms with E-state index in [2.05, 4.69) is 34.0 Å². The number of carbonyl (C=O) groups excluding carboxylic acids is 1. The Morgan fingerprint density at radius 3 is 2.38 bits per heavy atom. The normalized spacial score (nSPS) is 11.1. The number of ether oxygens (including phenoxy) is 1. The van der Waals surface area contributed by atoms with Crippen molar-refractivity contribution in [2.24, 2.45) is 0 Å². The van der Waals surface area contributed by atoms with Gasteiger partial charge in [-0.2, -0.15) is 0 Å². The molecule has 1 amide bonds. The number of benzene rings is 1. The van der Waals surface area contributed by atoms with E-state index in [1.165, 1.54) is 11.6 Å². The zero-order valence-corrected chi connectivity index (χ0v) is 23.2. The van der Waals surface area contributed by atoms with E-state index < -0.39 is 0 Å². The molecule has 1 aromatic heterocycles. The summed E-state index contributed by atoms with van der Waals surface area (Å²) in [6.45, 7) is 11.8. The second-order valence-corrected chi connectivity index (χ2v) is 9.49. The molecule has 0 radical (unpaired) electrons. The molecule has 0 unspecified atom stereocenters. The van der Waals surface area contributed by atoms with Crippen molar-refractivity contribution in [1.82, 2.24) is 4.90 Å². The summed E-state index contributed by atoms with van der Waals surface area (Å²) >= 11 is 0. The van der Waals surface area contributed by atoms with Gasteiger partial charge in [0.2, 0.25) is 0 Å². The van der Waals surface area contributed by atoms with E-state index >= 15 is 0 Å². The van der Waals surface area contributed by atoms with Gasteiger partial charge in [0.1, 0.15) is 11.3 Å². The van der Waals surface area contributed by atoms with Crippen LogP contribution in [0.1, 0.15) is 52.5 Å². The lowest BCUT2D eigenvalue weighted by Crippen LogP contribution is -3.00. The second kappa shape index (κ2) is 14.3. The molecule has 34 heavy (non-hydrogen) atoms. The molecular formula is C27H41BrN2O4. The minimum atomic E-state index is -0.349. The number of fused-ring (bicyclic) bond motifs is 1. The molecule has 0 aliphatic rings. The molecule has 0 spiro atoms. The Hall–Kier alpha value is -2.12. The Morgan fingerprint density at radius 2 is 1.74 bits per heavy atom. The van der Waals surface area contributed by atoms with Crippen molar-refractivity contribution >= 4 is 16.9 Å². The monoisotopic (exact) mass is 536 g/mol. The van der Waals surface area contributed by atoms with E-state index in [9.17, 15) is 9.59 Å². The number of unbranched alkanes of at least 4 members (excludes halogenated alkanes) is 2. The maximum atomic E-state index is 12.4. The highest BCUT2D eigenvalue weighted by molar-refractivity contribution is 5.82. The zero-order valence-electron chi connectivity index (χ0n) is 21.7. The first-order valence-electron chi connectivity index (χ1n) is 12.1. The fourth-order valence-corrected chi connectivity index (χ4v) is 3.93. The summed E-state index contributed by atoms with van der Waals surface area (Å²) in [5.41, 5.74) is 2.38. The van der Waals surface area contributed by atoms with Gasteiger partial charge in [0.15, 0.2) is 6.54 Å². The largest absolute Gasteiger partial charge is 1.00 e. The molecule has 0 aliphatic heterocycles. The smallest absolute Gasteiger partial charge is 0.336 e. The molecule has 2 aromatic rings.